The van der Waals surface area contributed by atoms with Crippen molar-refractivity contribution in [1.82, 2.24) is 9.80 Å². The van der Waals surface area contributed by atoms with Crippen LogP contribution in [-0.4, -0.2) is 66.5 Å². The quantitative estimate of drug-likeness (QED) is 0.734. The average Bonchev–Trinajstić information content (AvgIpc) is 3.34. The molecule has 3 heterocycles. The number of nitrogens with zero attached hydrogens (tertiary/aromatic N) is 3. The minimum Gasteiger partial charge on any atom is -0.378 e. The van der Waals surface area contributed by atoms with E-state index in [0.717, 1.165) is 30.8 Å². The predicted octanol–water partition coefficient (Wildman–Crippen LogP) is 3.19. The third kappa shape index (κ3) is 3.90. The molecule has 2 atom stereocenters. The Morgan fingerprint density at radius 1 is 1.00 bits per heavy atom. The molecule has 162 valence electrons. The predicted molar refractivity (Wildman–Crippen MR) is 119 cm³/mol. The number of fused-ring (bicyclic) bond motifs is 1. The van der Waals surface area contributed by atoms with Crippen LogP contribution in [0.4, 0.5) is 5.69 Å². The largest absolute Gasteiger partial charge is 0.378 e. The second-order valence-electron chi connectivity index (χ2n) is 8.39. The molecule has 0 N–H and O–H groups in total. The number of carbonyl (C=O) groups is 2. The third-order valence-electron chi connectivity index (χ3n) is 6.63. The molecule has 3 saturated heterocycles. The maximum Gasteiger partial charge on any atom is 0.256 e. The van der Waals surface area contributed by atoms with Crippen LogP contribution < -0.4 is 4.90 Å². The van der Waals surface area contributed by atoms with Crippen molar-refractivity contribution in [3.8, 4) is 0 Å². The smallest absolute Gasteiger partial charge is 0.256 e. The molecule has 2 amide bonds. The number of para-hydroxylation sites is 1. The first-order valence-electron chi connectivity index (χ1n) is 10.9. The minimum atomic E-state index is -0.0648. The van der Waals surface area contributed by atoms with E-state index in [-0.39, 0.29) is 23.9 Å². The lowest BCUT2D eigenvalue weighted by Gasteiger charge is -2.32. The van der Waals surface area contributed by atoms with E-state index in [1.807, 2.05) is 58.3 Å². The topological polar surface area (TPSA) is 53.1 Å². The van der Waals surface area contributed by atoms with Gasteiger partial charge in [-0.15, -0.1) is 0 Å². The molecule has 3 aliphatic heterocycles. The number of likely N-dealkylation sites (tertiary alicyclic amines) is 2. The molecule has 6 nitrogen and oxygen atoms in total. The summed E-state index contributed by atoms with van der Waals surface area (Å²) in [5, 5.41) is 0.686. The summed E-state index contributed by atoms with van der Waals surface area (Å²) in [5.41, 5.74) is 2.73. The lowest BCUT2D eigenvalue weighted by Crippen LogP contribution is -2.41. The zero-order valence-corrected chi connectivity index (χ0v) is 18.1. The highest BCUT2D eigenvalue weighted by Gasteiger charge is 2.48. The van der Waals surface area contributed by atoms with Gasteiger partial charge < -0.3 is 19.4 Å². The van der Waals surface area contributed by atoms with Crippen LogP contribution in [0.15, 0.2) is 48.5 Å². The van der Waals surface area contributed by atoms with Crippen molar-refractivity contribution in [3.63, 3.8) is 0 Å². The number of anilines is 1. The number of morpholine rings is 1. The highest BCUT2D eigenvalue weighted by molar-refractivity contribution is 6.30. The molecule has 0 saturated carbocycles. The number of carbonyl (C=O) groups excluding carboxylic acids is 2. The van der Waals surface area contributed by atoms with Gasteiger partial charge in [0.1, 0.15) is 0 Å². The summed E-state index contributed by atoms with van der Waals surface area (Å²) in [6.07, 6.45) is 1.21. The van der Waals surface area contributed by atoms with Gasteiger partial charge in [-0.25, -0.2) is 0 Å². The van der Waals surface area contributed by atoms with Gasteiger partial charge in [-0.3, -0.25) is 9.59 Å². The average molecular weight is 440 g/mol. The van der Waals surface area contributed by atoms with Gasteiger partial charge in [0.25, 0.3) is 5.91 Å². The highest BCUT2D eigenvalue weighted by Crippen LogP contribution is 2.35. The fraction of sp³-hybridized carbons (Fsp3) is 0.417. The van der Waals surface area contributed by atoms with Gasteiger partial charge >= 0.3 is 0 Å². The van der Waals surface area contributed by atoms with E-state index >= 15 is 0 Å². The molecule has 5 rings (SSSR count). The zero-order chi connectivity index (χ0) is 21.4. The monoisotopic (exact) mass is 439 g/mol. The maximum atomic E-state index is 13.6. The van der Waals surface area contributed by atoms with E-state index in [1.54, 1.807) is 0 Å². The third-order valence-corrected chi connectivity index (χ3v) is 6.88. The summed E-state index contributed by atoms with van der Waals surface area (Å²) in [6, 6.07) is 15.4. The van der Waals surface area contributed by atoms with Crippen LogP contribution in [0.3, 0.4) is 0 Å². The molecule has 31 heavy (non-hydrogen) atoms. The van der Waals surface area contributed by atoms with Crippen LogP contribution in [-0.2, 0) is 16.1 Å². The van der Waals surface area contributed by atoms with Crippen molar-refractivity contribution in [1.29, 1.82) is 0 Å². The molecular weight excluding hydrogens is 414 g/mol. The van der Waals surface area contributed by atoms with Crippen LogP contribution in [0.25, 0.3) is 0 Å². The van der Waals surface area contributed by atoms with E-state index in [1.165, 1.54) is 0 Å². The lowest BCUT2D eigenvalue weighted by molar-refractivity contribution is -0.129. The van der Waals surface area contributed by atoms with Crippen LogP contribution in [0.1, 0.15) is 28.8 Å². The normalized spacial score (nSPS) is 23.4. The summed E-state index contributed by atoms with van der Waals surface area (Å²) in [4.78, 5) is 32.5. The number of hydrogen-bond donors (Lipinski definition) is 0. The molecule has 0 spiro atoms. The van der Waals surface area contributed by atoms with Crippen molar-refractivity contribution < 1.29 is 14.3 Å². The minimum absolute atomic E-state index is 0.0238. The van der Waals surface area contributed by atoms with Crippen molar-refractivity contribution in [3.05, 3.63) is 64.7 Å². The molecule has 3 fully saturated rings. The van der Waals surface area contributed by atoms with E-state index in [0.29, 0.717) is 43.3 Å². The van der Waals surface area contributed by atoms with Crippen molar-refractivity contribution in [2.75, 3.05) is 37.7 Å². The van der Waals surface area contributed by atoms with E-state index in [4.69, 9.17) is 16.3 Å². The molecule has 0 radical (unpaired) electrons. The number of rotatable bonds is 4. The first kappa shape index (κ1) is 20.3. The van der Waals surface area contributed by atoms with Gasteiger partial charge in [-0.1, -0.05) is 35.9 Å². The van der Waals surface area contributed by atoms with Gasteiger partial charge in [0.05, 0.1) is 30.9 Å². The van der Waals surface area contributed by atoms with Crippen LogP contribution in [0, 0.1) is 0 Å². The Balaban J connectivity index is 1.34. The lowest BCUT2D eigenvalue weighted by atomic mass is 10.1. The van der Waals surface area contributed by atoms with E-state index < -0.39 is 0 Å². The first-order chi connectivity index (χ1) is 15.1. The Kier molecular flexibility index (Phi) is 5.59. The molecule has 3 aliphatic rings. The van der Waals surface area contributed by atoms with Crippen LogP contribution >= 0.6 is 11.6 Å². The molecular formula is C24H26ClN3O3. The van der Waals surface area contributed by atoms with Crippen LogP contribution in [0.2, 0.25) is 5.02 Å². The summed E-state index contributed by atoms with van der Waals surface area (Å²) in [6.45, 7) is 4.14. The van der Waals surface area contributed by atoms with Gasteiger partial charge in [0.15, 0.2) is 0 Å². The summed E-state index contributed by atoms with van der Waals surface area (Å²) >= 11 is 5.99. The number of hydrogen-bond acceptors (Lipinski definition) is 4. The summed E-state index contributed by atoms with van der Waals surface area (Å²) in [7, 11) is 0. The Hall–Kier alpha value is -2.57. The van der Waals surface area contributed by atoms with Gasteiger partial charge in [-0.05, 0) is 36.2 Å². The van der Waals surface area contributed by atoms with E-state index in [2.05, 4.69) is 4.90 Å². The molecule has 0 aliphatic carbocycles. The first-order valence-corrected chi connectivity index (χ1v) is 11.3. The molecule has 0 unspecified atom stereocenters. The number of amides is 2. The second-order valence-corrected chi connectivity index (χ2v) is 8.83. The Bertz CT molecular complexity index is 974. The van der Waals surface area contributed by atoms with Crippen molar-refractivity contribution in [2.45, 2.75) is 31.5 Å². The summed E-state index contributed by atoms with van der Waals surface area (Å²) < 4.78 is 5.47. The van der Waals surface area contributed by atoms with Crippen molar-refractivity contribution in [2.24, 2.45) is 0 Å². The summed E-state index contributed by atoms with van der Waals surface area (Å²) in [5.74, 6) is 0.139. The Morgan fingerprint density at radius 2 is 1.74 bits per heavy atom. The Morgan fingerprint density at radius 3 is 2.52 bits per heavy atom. The van der Waals surface area contributed by atoms with Gasteiger partial charge in [0, 0.05) is 43.3 Å². The van der Waals surface area contributed by atoms with Gasteiger partial charge in [-0.2, -0.15) is 0 Å². The molecule has 0 bridgehead atoms. The molecule has 7 heteroatoms. The van der Waals surface area contributed by atoms with Gasteiger partial charge in [0.2, 0.25) is 5.91 Å². The highest BCUT2D eigenvalue weighted by atomic mass is 35.5. The van der Waals surface area contributed by atoms with E-state index in [9.17, 15) is 9.59 Å². The molecule has 2 aromatic rings. The fourth-order valence-corrected chi connectivity index (χ4v) is 5.19. The zero-order valence-electron chi connectivity index (χ0n) is 17.4. The molecule has 2 aromatic carbocycles. The standard InChI is InChI=1S/C24H26ClN3O3/c25-18-7-5-17(6-8-18)16-28-21-9-10-27(22(21)15-23(28)29)24(30)19-3-1-2-4-20(19)26-11-13-31-14-12-26/h1-8,21-22H,9-16H2/t21-,22-/m0/s1. The van der Waals surface area contributed by atoms with Crippen molar-refractivity contribution >= 4 is 29.1 Å². The fourth-order valence-electron chi connectivity index (χ4n) is 5.06. The number of benzene rings is 2. The Labute approximate surface area is 187 Å². The second kappa shape index (κ2) is 8.52. The SMILES string of the molecule is O=C1C[C@H]2[C@H](CCN2C(=O)c2ccccc2N2CCOCC2)N1Cc1ccc(Cl)cc1. The maximum absolute atomic E-state index is 13.6. The number of halogens is 1. The number of ether oxygens (including phenoxy) is 1. The molecule has 0 aromatic heterocycles. The van der Waals surface area contributed by atoms with Crippen LogP contribution in [0.5, 0.6) is 0 Å².